The Kier molecular flexibility index (Phi) is 6.72. The fraction of sp³-hybridized carbons (Fsp3) is 0.320. The number of rotatable bonds is 7. The molecule has 0 aliphatic heterocycles. The van der Waals surface area contributed by atoms with Crippen LogP contribution in [0, 0.1) is 6.92 Å². The molecule has 176 valence electrons. The molecular weight excluding hydrogens is 430 g/mol. The van der Waals surface area contributed by atoms with Crippen LogP contribution in [-0.2, 0) is 11.2 Å². The number of carbonyl (C=O) groups excluding carboxylic acids is 1. The van der Waals surface area contributed by atoms with Crippen molar-refractivity contribution >= 4 is 28.9 Å². The number of nitrogens with zero attached hydrogens (tertiary/aromatic N) is 5. The zero-order chi connectivity index (χ0) is 24.1. The smallest absolute Gasteiger partial charge is 0.407 e. The lowest BCUT2D eigenvalue weighted by molar-refractivity contribution is 0.0527. The Morgan fingerprint density at radius 2 is 1.79 bits per heavy atom. The summed E-state index contributed by atoms with van der Waals surface area (Å²) in [7, 11) is 0. The summed E-state index contributed by atoms with van der Waals surface area (Å²) in [6.45, 7) is 8.15. The third-order valence-corrected chi connectivity index (χ3v) is 4.99. The molecule has 0 saturated carbocycles. The summed E-state index contributed by atoms with van der Waals surface area (Å²) in [6, 6.07) is 16.1. The zero-order valence-electron chi connectivity index (χ0n) is 19.9. The molecule has 0 aliphatic carbocycles. The first-order valence-electron chi connectivity index (χ1n) is 11.3. The number of nitrogens with one attached hydrogen (secondary N) is 2. The molecular formula is C25H29N7O2. The number of carbonyl (C=O) groups is 1. The summed E-state index contributed by atoms with van der Waals surface area (Å²) in [5.41, 5.74) is 4.89. The summed E-state index contributed by atoms with van der Waals surface area (Å²) in [5, 5.41) is 14.4. The summed E-state index contributed by atoms with van der Waals surface area (Å²) in [5.74, 6) is 0.470. The van der Waals surface area contributed by atoms with Crippen molar-refractivity contribution in [2.75, 3.05) is 11.9 Å². The van der Waals surface area contributed by atoms with Crippen LogP contribution in [0.5, 0.6) is 0 Å². The molecule has 1 amide bonds. The second kappa shape index (κ2) is 9.86. The predicted octanol–water partition coefficient (Wildman–Crippen LogP) is 4.72. The normalized spacial score (nSPS) is 11.4. The fourth-order valence-corrected chi connectivity index (χ4v) is 3.33. The van der Waals surface area contributed by atoms with Gasteiger partial charge in [0.2, 0.25) is 5.95 Å². The highest BCUT2D eigenvalue weighted by Gasteiger charge is 2.15. The molecule has 0 unspecified atom stereocenters. The second-order valence-corrected chi connectivity index (χ2v) is 9.09. The van der Waals surface area contributed by atoms with Gasteiger partial charge in [0.1, 0.15) is 5.60 Å². The molecule has 4 aromatic rings. The molecule has 0 atom stereocenters. The number of benzene rings is 2. The van der Waals surface area contributed by atoms with Gasteiger partial charge in [-0.15, -0.1) is 5.10 Å². The third kappa shape index (κ3) is 6.06. The summed E-state index contributed by atoms with van der Waals surface area (Å²) >= 11 is 0. The van der Waals surface area contributed by atoms with Crippen molar-refractivity contribution in [3.8, 4) is 5.69 Å². The number of alkyl carbamates (subject to hydrolysis) is 1. The first-order valence-corrected chi connectivity index (χ1v) is 11.3. The standard InChI is InChI=1S/C25H29N7O2/c1-17-7-13-20(14-8-17)32-22-21(30-31-32)16-27-23(29-22)28-19-11-9-18(10-12-19)6-5-15-26-24(33)34-25(2,3)4/h7-14,16H,5-6,15H2,1-4H3,(H,26,33)(H,27,28,29). The van der Waals surface area contributed by atoms with Crippen molar-refractivity contribution in [1.82, 2.24) is 30.3 Å². The summed E-state index contributed by atoms with van der Waals surface area (Å²) in [4.78, 5) is 20.7. The number of hydrogen-bond acceptors (Lipinski definition) is 7. The molecule has 34 heavy (non-hydrogen) atoms. The lowest BCUT2D eigenvalue weighted by Gasteiger charge is -2.19. The summed E-state index contributed by atoms with van der Waals surface area (Å²) in [6.07, 6.45) is 2.94. The highest BCUT2D eigenvalue weighted by atomic mass is 16.6. The SMILES string of the molecule is Cc1ccc(-n2nnc3cnc(Nc4ccc(CCCNC(=O)OC(C)(C)C)cc4)nc32)cc1. The topological polar surface area (TPSA) is 107 Å². The van der Waals surface area contributed by atoms with E-state index in [4.69, 9.17) is 4.74 Å². The molecule has 0 bridgehead atoms. The van der Waals surface area contributed by atoms with Crippen LogP contribution in [0.25, 0.3) is 16.9 Å². The monoisotopic (exact) mass is 459 g/mol. The number of aromatic nitrogens is 5. The number of fused-ring (bicyclic) bond motifs is 1. The van der Waals surface area contributed by atoms with Crippen molar-refractivity contribution in [1.29, 1.82) is 0 Å². The molecule has 2 heterocycles. The Balaban J connectivity index is 1.35. The van der Waals surface area contributed by atoms with Gasteiger partial charge >= 0.3 is 6.09 Å². The van der Waals surface area contributed by atoms with E-state index in [9.17, 15) is 4.79 Å². The van der Waals surface area contributed by atoms with Crippen LogP contribution in [0.1, 0.15) is 38.3 Å². The van der Waals surface area contributed by atoms with Gasteiger partial charge in [0, 0.05) is 12.2 Å². The maximum absolute atomic E-state index is 11.7. The van der Waals surface area contributed by atoms with Gasteiger partial charge in [0.15, 0.2) is 11.2 Å². The molecule has 4 rings (SSSR count). The fourth-order valence-electron chi connectivity index (χ4n) is 3.33. The van der Waals surface area contributed by atoms with Crippen molar-refractivity contribution in [2.45, 2.75) is 46.1 Å². The van der Waals surface area contributed by atoms with Crippen molar-refractivity contribution in [2.24, 2.45) is 0 Å². The van der Waals surface area contributed by atoms with E-state index in [1.807, 2.05) is 76.2 Å². The van der Waals surface area contributed by atoms with E-state index in [1.54, 1.807) is 10.9 Å². The van der Waals surface area contributed by atoms with Crippen molar-refractivity contribution < 1.29 is 9.53 Å². The largest absolute Gasteiger partial charge is 0.444 e. The van der Waals surface area contributed by atoms with Gasteiger partial charge in [-0.25, -0.2) is 9.78 Å². The van der Waals surface area contributed by atoms with Crippen LogP contribution in [0.2, 0.25) is 0 Å². The van der Waals surface area contributed by atoms with E-state index in [-0.39, 0.29) is 6.09 Å². The molecule has 0 saturated heterocycles. The zero-order valence-corrected chi connectivity index (χ0v) is 19.9. The molecule has 0 radical (unpaired) electrons. The van der Waals surface area contributed by atoms with E-state index >= 15 is 0 Å². The molecule has 2 N–H and O–H groups in total. The lowest BCUT2D eigenvalue weighted by atomic mass is 10.1. The van der Waals surface area contributed by atoms with Gasteiger partial charge < -0.3 is 15.4 Å². The molecule has 2 aromatic carbocycles. The van der Waals surface area contributed by atoms with Crippen LogP contribution < -0.4 is 10.6 Å². The average molecular weight is 460 g/mol. The van der Waals surface area contributed by atoms with Crippen LogP contribution in [-0.4, -0.2) is 43.2 Å². The second-order valence-electron chi connectivity index (χ2n) is 9.09. The minimum Gasteiger partial charge on any atom is -0.444 e. The Morgan fingerprint density at radius 1 is 1.06 bits per heavy atom. The average Bonchev–Trinajstić information content (AvgIpc) is 3.20. The Labute approximate surface area is 198 Å². The minimum absolute atomic E-state index is 0.386. The molecule has 9 nitrogen and oxygen atoms in total. The van der Waals surface area contributed by atoms with E-state index in [1.165, 1.54) is 11.1 Å². The lowest BCUT2D eigenvalue weighted by Crippen LogP contribution is -2.33. The summed E-state index contributed by atoms with van der Waals surface area (Å²) < 4.78 is 6.95. The van der Waals surface area contributed by atoms with Gasteiger partial charge in [0.25, 0.3) is 0 Å². The molecule has 0 fully saturated rings. The molecule has 0 spiro atoms. The van der Waals surface area contributed by atoms with Crippen molar-refractivity contribution in [3.05, 3.63) is 65.9 Å². The highest BCUT2D eigenvalue weighted by molar-refractivity contribution is 5.72. The van der Waals surface area contributed by atoms with Crippen LogP contribution >= 0.6 is 0 Å². The number of aryl methyl sites for hydroxylation is 2. The first-order chi connectivity index (χ1) is 16.3. The third-order valence-electron chi connectivity index (χ3n) is 4.99. The van der Waals surface area contributed by atoms with Crippen LogP contribution in [0.15, 0.2) is 54.7 Å². The van der Waals surface area contributed by atoms with Crippen LogP contribution in [0.3, 0.4) is 0 Å². The number of anilines is 2. The molecule has 9 heteroatoms. The van der Waals surface area contributed by atoms with Gasteiger partial charge in [-0.3, -0.25) is 0 Å². The van der Waals surface area contributed by atoms with Gasteiger partial charge in [-0.05, 0) is 70.4 Å². The minimum atomic E-state index is -0.488. The first kappa shape index (κ1) is 23.2. The Hall–Kier alpha value is -4.01. The number of amides is 1. The van der Waals surface area contributed by atoms with Gasteiger partial charge in [-0.1, -0.05) is 35.0 Å². The highest BCUT2D eigenvalue weighted by Crippen LogP contribution is 2.19. The number of hydrogen-bond donors (Lipinski definition) is 2. The Morgan fingerprint density at radius 3 is 2.50 bits per heavy atom. The Bertz CT molecular complexity index is 1260. The maximum atomic E-state index is 11.7. The molecule has 2 aromatic heterocycles. The van der Waals surface area contributed by atoms with E-state index in [0.29, 0.717) is 23.7 Å². The van der Waals surface area contributed by atoms with E-state index in [2.05, 4.69) is 30.9 Å². The van der Waals surface area contributed by atoms with E-state index < -0.39 is 5.60 Å². The predicted molar refractivity (Wildman–Crippen MR) is 131 cm³/mol. The maximum Gasteiger partial charge on any atom is 0.407 e. The quantitative estimate of drug-likeness (QED) is 0.385. The van der Waals surface area contributed by atoms with Crippen molar-refractivity contribution in [3.63, 3.8) is 0 Å². The van der Waals surface area contributed by atoms with E-state index in [0.717, 1.165) is 24.2 Å². The van der Waals surface area contributed by atoms with Gasteiger partial charge in [0.05, 0.1) is 11.9 Å². The van der Waals surface area contributed by atoms with Gasteiger partial charge in [-0.2, -0.15) is 9.67 Å². The molecule has 0 aliphatic rings. The van der Waals surface area contributed by atoms with Crippen LogP contribution in [0.4, 0.5) is 16.4 Å². The number of ether oxygens (including phenoxy) is 1.